The highest BCUT2D eigenvalue weighted by atomic mass is 16.2. The number of hydrogen-bond acceptors (Lipinski definition) is 2. The van der Waals surface area contributed by atoms with Crippen LogP contribution in [-0.4, -0.2) is 18.4 Å². The predicted octanol–water partition coefficient (Wildman–Crippen LogP) is 3.09. The number of benzene rings is 2. The van der Waals surface area contributed by atoms with Gasteiger partial charge in [0.15, 0.2) is 0 Å². The second-order valence-electron chi connectivity index (χ2n) is 6.11. The van der Waals surface area contributed by atoms with Crippen LogP contribution in [0.3, 0.4) is 0 Å². The molecule has 4 nitrogen and oxygen atoms in total. The molecular weight excluding hydrogens is 288 g/mol. The lowest BCUT2D eigenvalue weighted by molar-refractivity contribution is -0.124. The number of fused-ring (bicyclic) bond motifs is 2. The van der Waals surface area contributed by atoms with Gasteiger partial charge in [-0.1, -0.05) is 36.4 Å². The lowest BCUT2D eigenvalue weighted by atomic mass is 9.88. The van der Waals surface area contributed by atoms with Crippen LogP contribution in [0.5, 0.6) is 0 Å². The molecule has 1 N–H and O–H groups in total. The molecule has 2 aliphatic heterocycles. The van der Waals surface area contributed by atoms with E-state index >= 15 is 0 Å². The Labute approximate surface area is 135 Å². The van der Waals surface area contributed by atoms with E-state index < -0.39 is 5.92 Å². The number of hydrogen-bond donors (Lipinski definition) is 1. The Morgan fingerprint density at radius 2 is 1.87 bits per heavy atom. The lowest BCUT2D eigenvalue weighted by Gasteiger charge is -2.34. The Morgan fingerprint density at radius 3 is 2.78 bits per heavy atom. The summed E-state index contributed by atoms with van der Waals surface area (Å²) in [5.74, 6) is -0.460. The number of anilines is 2. The molecule has 0 saturated carbocycles. The van der Waals surface area contributed by atoms with Crippen molar-refractivity contribution >= 4 is 23.2 Å². The zero-order chi connectivity index (χ0) is 15.8. The van der Waals surface area contributed by atoms with Crippen molar-refractivity contribution in [3.05, 3.63) is 59.7 Å². The van der Waals surface area contributed by atoms with Gasteiger partial charge in [0.25, 0.3) is 0 Å². The monoisotopic (exact) mass is 306 g/mol. The van der Waals surface area contributed by atoms with Gasteiger partial charge >= 0.3 is 0 Å². The molecule has 0 radical (unpaired) electrons. The fourth-order valence-electron chi connectivity index (χ4n) is 3.58. The van der Waals surface area contributed by atoms with Gasteiger partial charge < -0.3 is 10.2 Å². The normalized spacial score (nSPS) is 19.6. The third-order valence-electron chi connectivity index (χ3n) is 4.67. The topological polar surface area (TPSA) is 49.4 Å². The van der Waals surface area contributed by atoms with Gasteiger partial charge in [0.1, 0.15) is 0 Å². The van der Waals surface area contributed by atoms with Gasteiger partial charge in [-0.2, -0.15) is 0 Å². The van der Waals surface area contributed by atoms with E-state index in [1.165, 1.54) is 5.56 Å². The van der Waals surface area contributed by atoms with E-state index in [0.717, 1.165) is 36.3 Å². The third kappa shape index (κ3) is 2.40. The Morgan fingerprint density at radius 1 is 1.09 bits per heavy atom. The molecule has 0 saturated heterocycles. The van der Waals surface area contributed by atoms with Crippen molar-refractivity contribution in [3.63, 3.8) is 0 Å². The van der Waals surface area contributed by atoms with Crippen molar-refractivity contribution in [3.8, 4) is 0 Å². The SMILES string of the molecule is O=C1CC(C(=O)N2CCCc3ccccc32)c2ccccc2N1. The van der Waals surface area contributed by atoms with Crippen LogP contribution >= 0.6 is 0 Å². The molecule has 2 aliphatic rings. The van der Waals surface area contributed by atoms with Crippen molar-refractivity contribution < 1.29 is 9.59 Å². The minimum Gasteiger partial charge on any atom is -0.326 e. The summed E-state index contributed by atoms with van der Waals surface area (Å²) in [6, 6.07) is 15.6. The highest BCUT2D eigenvalue weighted by Crippen LogP contribution is 2.36. The first-order valence-electron chi connectivity index (χ1n) is 8.02. The molecule has 0 spiro atoms. The van der Waals surface area contributed by atoms with Crippen molar-refractivity contribution in [2.24, 2.45) is 0 Å². The minimum atomic E-state index is -0.397. The average molecular weight is 306 g/mol. The van der Waals surface area contributed by atoms with Crippen molar-refractivity contribution in [2.45, 2.75) is 25.2 Å². The molecule has 23 heavy (non-hydrogen) atoms. The highest BCUT2D eigenvalue weighted by Gasteiger charge is 2.35. The quantitative estimate of drug-likeness (QED) is 0.880. The summed E-state index contributed by atoms with van der Waals surface area (Å²) in [5, 5.41) is 2.86. The van der Waals surface area contributed by atoms with Crippen LogP contribution in [0.1, 0.15) is 29.9 Å². The first-order valence-corrected chi connectivity index (χ1v) is 8.02. The van der Waals surface area contributed by atoms with Crippen LogP contribution in [0.15, 0.2) is 48.5 Å². The van der Waals surface area contributed by atoms with Crippen molar-refractivity contribution in [1.29, 1.82) is 0 Å². The molecule has 4 rings (SSSR count). The molecule has 2 heterocycles. The first-order chi connectivity index (χ1) is 11.2. The van der Waals surface area contributed by atoms with E-state index in [9.17, 15) is 9.59 Å². The average Bonchev–Trinajstić information content (AvgIpc) is 2.60. The van der Waals surface area contributed by atoms with Crippen LogP contribution < -0.4 is 10.2 Å². The summed E-state index contributed by atoms with van der Waals surface area (Å²) >= 11 is 0. The van der Waals surface area contributed by atoms with E-state index in [-0.39, 0.29) is 18.2 Å². The molecule has 0 aliphatic carbocycles. The number of nitrogens with one attached hydrogen (secondary N) is 1. The Kier molecular flexibility index (Phi) is 3.37. The van der Waals surface area contributed by atoms with Crippen LogP contribution in [0.4, 0.5) is 11.4 Å². The molecule has 2 aromatic rings. The number of amides is 2. The summed E-state index contributed by atoms with van der Waals surface area (Å²) in [4.78, 5) is 27.0. The smallest absolute Gasteiger partial charge is 0.235 e. The van der Waals surface area contributed by atoms with Crippen LogP contribution in [0.2, 0.25) is 0 Å². The standard InChI is InChI=1S/C19H18N2O2/c22-18-12-15(14-8-2-3-9-16(14)20-18)19(23)21-11-5-7-13-6-1-4-10-17(13)21/h1-4,6,8-10,15H,5,7,11-12H2,(H,20,22). The lowest BCUT2D eigenvalue weighted by Crippen LogP contribution is -2.41. The van der Waals surface area contributed by atoms with Crippen LogP contribution in [0.25, 0.3) is 0 Å². The van der Waals surface area contributed by atoms with Gasteiger partial charge in [0.05, 0.1) is 5.92 Å². The zero-order valence-corrected chi connectivity index (χ0v) is 12.8. The van der Waals surface area contributed by atoms with E-state index in [1.54, 1.807) is 0 Å². The number of nitrogens with zero attached hydrogens (tertiary/aromatic N) is 1. The van der Waals surface area contributed by atoms with E-state index in [2.05, 4.69) is 11.4 Å². The van der Waals surface area contributed by atoms with Gasteiger partial charge in [0.2, 0.25) is 11.8 Å². The van der Waals surface area contributed by atoms with Gasteiger partial charge in [-0.05, 0) is 36.1 Å². The predicted molar refractivity (Wildman–Crippen MR) is 89.5 cm³/mol. The Balaban J connectivity index is 1.72. The number of rotatable bonds is 1. The molecule has 2 aromatic carbocycles. The van der Waals surface area contributed by atoms with Gasteiger partial charge in [0, 0.05) is 24.3 Å². The summed E-state index contributed by atoms with van der Waals surface area (Å²) in [7, 11) is 0. The van der Waals surface area contributed by atoms with E-state index in [4.69, 9.17) is 0 Å². The minimum absolute atomic E-state index is 0.0273. The number of aryl methyl sites for hydroxylation is 1. The molecule has 0 aromatic heterocycles. The maximum atomic E-state index is 13.2. The second kappa shape index (κ2) is 5.54. The van der Waals surface area contributed by atoms with Gasteiger partial charge in [-0.3, -0.25) is 9.59 Å². The summed E-state index contributed by atoms with van der Waals surface area (Å²) in [6.07, 6.45) is 2.18. The Hall–Kier alpha value is -2.62. The molecule has 4 heteroatoms. The molecule has 1 atom stereocenters. The second-order valence-corrected chi connectivity index (χ2v) is 6.11. The van der Waals surface area contributed by atoms with Crippen LogP contribution in [0, 0.1) is 0 Å². The maximum absolute atomic E-state index is 13.2. The molecule has 1 unspecified atom stereocenters. The van der Waals surface area contributed by atoms with Gasteiger partial charge in [-0.25, -0.2) is 0 Å². The maximum Gasteiger partial charge on any atom is 0.235 e. The number of carbonyl (C=O) groups excluding carboxylic acids is 2. The first kappa shape index (κ1) is 14.0. The van der Waals surface area contributed by atoms with Crippen molar-refractivity contribution in [2.75, 3.05) is 16.8 Å². The summed E-state index contributed by atoms with van der Waals surface area (Å²) in [5.41, 5.74) is 3.88. The van der Waals surface area contributed by atoms with E-state index in [0.29, 0.717) is 0 Å². The molecule has 2 amide bonds. The summed E-state index contributed by atoms with van der Waals surface area (Å²) < 4.78 is 0. The molecule has 0 fully saturated rings. The zero-order valence-electron chi connectivity index (χ0n) is 12.8. The van der Waals surface area contributed by atoms with Crippen LogP contribution in [-0.2, 0) is 16.0 Å². The Bertz CT molecular complexity index is 784. The third-order valence-corrected chi connectivity index (χ3v) is 4.67. The van der Waals surface area contributed by atoms with Crippen molar-refractivity contribution in [1.82, 2.24) is 0 Å². The molecule has 116 valence electrons. The number of carbonyl (C=O) groups is 2. The largest absolute Gasteiger partial charge is 0.326 e. The summed E-state index contributed by atoms with van der Waals surface area (Å²) in [6.45, 7) is 0.718. The van der Waals surface area contributed by atoms with Gasteiger partial charge in [-0.15, -0.1) is 0 Å². The highest BCUT2D eigenvalue weighted by molar-refractivity contribution is 6.06. The van der Waals surface area contributed by atoms with E-state index in [1.807, 2.05) is 47.4 Å². The number of para-hydroxylation sites is 2. The molecule has 0 bridgehead atoms. The fraction of sp³-hybridized carbons (Fsp3) is 0.263. The molecular formula is C19H18N2O2. The fourth-order valence-corrected chi connectivity index (χ4v) is 3.58.